The molecule has 130 valence electrons. The van der Waals surface area contributed by atoms with Crippen molar-refractivity contribution in [1.82, 2.24) is 25.5 Å². The number of nitrogens with zero attached hydrogens (tertiary/aromatic N) is 4. The van der Waals surface area contributed by atoms with E-state index in [0.29, 0.717) is 24.8 Å². The van der Waals surface area contributed by atoms with Crippen molar-refractivity contribution in [2.24, 2.45) is 5.73 Å². The van der Waals surface area contributed by atoms with Crippen LogP contribution in [-0.4, -0.2) is 46.4 Å². The van der Waals surface area contributed by atoms with Crippen molar-refractivity contribution in [3.8, 4) is 0 Å². The lowest BCUT2D eigenvalue weighted by molar-refractivity contribution is -0.141. The lowest BCUT2D eigenvalue weighted by Gasteiger charge is -2.19. The molecule has 0 aliphatic carbocycles. The number of benzene rings is 1. The first kappa shape index (κ1) is 18.0. The van der Waals surface area contributed by atoms with E-state index in [-0.39, 0.29) is 12.6 Å². The molecule has 2 aromatic rings. The van der Waals surface area contributed by atoms with E-state index < -0.39 is 5.97 Å². The minimum atomic E-state index is -0.406. The summed E-state index contributed by atoms with van der Waals surface area (Å²) in [4.78, 5) is 11.5. The normalized spacial score (nSPS) is 12.4. The van der Waals surface area contributed by atoms with Crippen LogP contribution >= 0.6 is 0 Å². The van der Waals surface area contributed by atoms with Gasteiger partial charge in [-0.15, -0.1) is 5.10 Å². The minimum Gasteiger partial charge on any atom is -0.468 e. The van der Waals surface area contributed by atoms with Crippen molar-refractivity contribution in [3.63, 3.8) is 0 Å². The van der Waals surface area contributed by atoms with E-state index in [0.717, 1.165) is 5.56 Å². The summed E-state index contributed by atoms with van der Waals surface area (Å²) in [5, 5.41) is 15.0. The molecule has 1 unspecified atom stereocenters. The van der Waals surface area contributed by atoms with Crippen LogP contribution in [0.15, 0.2) is 24.3 Å². The zero-order chi connectivity index (χ0) is 17.5. The lowest BCUT2D eigenvalue weighted by Crippen LogP contribution is -2.31. The van der Waals surface area contributed by atoms with Crippen molar-refractivity contribution in [2.45, 2.75) is 32.4 Å². The van der Waals surface area contributed by atoms with Gasteiger partial charge in [-0.3, -0.25) is 4.79 Å². The average molecular weight is 332 g/mol. The van der Waals surface area contributed by atoms with Gasteiger partial charge in [-0.25, -0.2) is 4.68 Å². The maximum absolute atomic E-state index is 11.5. The molecule has 0 aliphatic heterocycles. The van der Waals surface area contributed by atoms with Crippen LogP contribution in [0.25, 0.3) is 0 Å². The second-order valence-corrected chi connectivity index (χ2v) is 5.77. The molecule has 0 saturated heterocycles. The fourth-order valence-electron chi connectivity index (χ4n) is 2.38. The summed E-state index contributed by atoms with van der Waals surface area (Å²) < 4.78 is 6.13. The highest BCUT2D eigenvalue weighted by Gasteiger charge is 2.22. The Balaban J connectivity index is 2.31. The standard InChI is InChI=1S/C16H24N6O2/c1-11(2)12-4-6-13(7-5-12)15(18-9-8-17)16-19-20-21-22(16)10-14(23)24-3/h4-7,11,15,18H,8-10,17H2,1-3H3. The van der Waals surface area contributed by atoms with Crippen LogP contribution in [0, 0.1) is 0 Å². The molecule has 1 heterocycles. The number of carbonyl (C=O) groups excluding carboxylic acids is 1. The van der Waals surface area contributed by atoms with Crippen LogP contribution in [0.4, 0.5) is 0 Å². The van der Waals surface area contributed by atoms with Gasteiger partial charge < -0.3 is 15.8 Å². The molecule has 8 heteroatoms. The van der Waals surface area contributed by atoms with Gasteiger partial charge in [-0.1, -0.05) is 38.1 Å². The quantitative estimate of drug-likeness (QED) is 0.682. The maximum atomic E-state index is 11.5. The zero-order valence-corrected chi connectivity index (χ0v) is 14.3. The van der Waals surface area contributed by atoms with Crippen LogP contribution in [0.1, 0.15) is 42.8 Å². The number of carbonyl (C=O) groups is 1. The minimum absolute atomic E-state index is 0.0380. The first-order valence-corrected chi connectivity index (χ1v) is 7.93. The number of ether oxygens (including phenoxy) is 1. The molecule has 24 heavy (non-hydrogen) atoms. The summed E-state index contributed by atoms with van der Waals surface area (Å²) in [6.07, 6.45) is 0. The number of aromatic nitrogens is 4. The third-order valence-corrected chi connectivity index (χ3v) is 3.75. The van der Waals surface area contributed by atoms with Gasteiger partial charge in [0.1, 0.15) is 6.54 Å². The van der Waals surface area contributed by atoms with Crippen molar-refractivity contribution < 1.29 is 9.53 Å². The zero-order valence-electron chi connectivity index (χ0n) is 14.3. The number of nitrogens with two attached hydrogens (primary N) is 1. The Bertz CT molecular complexity index is 653. The first-order valence-electron chi connectivity index (χ1n) is 7.93. The van der Waals surface area contributed by atoms with Crippen molar-refractivity contribution in [1.29, 1.82) is 0 Å². The van der Waals surface area contributed by atoms with E-state index in [4.69, 9.17) is 10.5 Å². The summed E-state index contributed by atoms with van der Waals surface area (Å²) in [5.74, 6) is 0.599. The average Bonchev–Trinajstić information content (AvgIpc) is 3.03. The van der Waals surface area contributed by atoms with Gasteiger partial charge in [0.15, 0.2) is 5.82 Å². The highest BCUT2D eigenvalue weighted by molar-refractivity contribution is 5.68. The molecule has 8 nitrogen and oxygen atoms in total. The van der Waals surface area contributed by atoms with Gasteiger partial charge in [0.05, 0.1) is 13.2 Å². The molecule has 0 aliphatic rings. The Morgan fingerprint density at radius 3 is 2.54 bits per heavy atom. The predicted molar refractivity (Wildman–Crippen MR) is 89.3 cm³/mol. The summed E-state index contributed by atoms with van der Waals surface area (Å²) in [6.45, 7) is 5.34. The fourth-order valence-corrected chi connectivity index (χ4v) is 2.38. The first-order chi connectivity index (χ1) is 11.6. The Morgan fingerprint density at radius 2 is 1.96 bits per heavy atom. The SMILES string of the molecule is COC(=O)Cn1nnnc1C(NCCN)c1ccc(C(C)C)cc1. The summed E-state index contributed by atoms with van der Waals surface area (Å²) in [5.41, 5.74) is 7.88. The molecule has 0 fully saturated rings. The second kappa shape index (κ2) is 8.51. The number of hydrogen-bond acceptors (Lipinski definition) is 7. The summed E-state index contributed by atoms with van der Waals surface area (Å²) in [6, 6.07) is 8.01. The van der Waals surface area contributed by atoms with Gasteiger partial charge in [0, 0.05) is 13.1 Å². The Labute approximate surface area is 141 Å². The van der Waals surface area contributed by atoms with Crippen molar-refractivity contribution in [3.05, 3.63) is 41.2 Å². The number of nitrogens with one attached hydrogen (secondary N) is 1. The Kier molecular flexibility index (Phi) is 6.39. The monoisotopic (exact) mass is 332 g/mol. The second-order valence-electron chi connectivity index (χ2n) is 5.77. The Morgan fingerprint density at radius 1 is 1.29 bits per heavy atom. The van der Waals surface area contributed by atoms with Gasteiger partial charge >= 0.3 is 5.97 Å². The van der Waals surface area contributed by atoms with Gasteiger partial charge in [-0.05, 0) is 27.5 Å². The van der Waals surface area contributed by atoms with E-state index in [1.54, 1.807) is 0 Å². The van der Waals surface area contributed by atoms with Crippen molar-refractivity contribution in [2.75, 3.05) is 20.2 Å². The van der Waals surface area contributed by atoms with Crippen LogP contribution in [0.5, 0.6) is 0 Å². The highest BCUT2D eigenvalue weighted by atomic mass is 16.5. The van der Waals surface area contributed by atoms with Crippen LogP contribution < -0.4 is 11.1 Å². The number of methoxy groups -OCH3 is 1. The van der Waals surface area contributed by atoms with Crippen LogP contribution in [0.3, 0.4) is 0 Å². The molecule has 3 N–H and O–H groups in total. The smallest absolute Gasteiger partial charge is 0.327 e. The molecule has 2 rings (SSSR count). The predicted octanol–water partition coefficient (Wildman–Crippen LogP) is 0.607. The number of tetrazole rings is 1. The molecular weight excluding hydrogens is 308 g/mol. The van der Waals surface area contributed by atoms with E-state index >= 15 is 0 Å². The number of rotatable bonds is 8. The Hall–Kier alpha value is -2.32. The lowest BCUT2D eigenvalue weighted by atomic mass is 9.98. The topological polar surface area (TPSA) is 108 Å². The molecule has 1 aromatic carbocycles. The van der Waals surface area contributed by atoms with Crippen molar-refractivity contribution >= 4 is 5.97 Å². The molecule has 0 radical (unpaired) electrons. The molecule has 0 spiro atoms. The van der Waals surface area contributed by atoms with Gasteiger partial charge in [0.2, 0.25) is 0 Å². The van der Waals surface area contributed by atoms with Gasteiger partial charge in [0.25, 0.3) is 0 Å². The van der Waals surface area contributed by atoms with E-state index in [1.807, 2.05) is 12.1 Å². The highest BCUT2D eigenvalue weighted by Crippen LogP contribution is 2.22. The maximum Gasteiger partial charge on any atom is 0.327 e. The number of esters is 1. The molecule has 0 saturated carbocycles. The molecular formula is C16H24N6O2. The van der Waals surface area contributed by atoms with Crippen LogP contribution in [-0.2, 0) is 16.1 Å². The third-order valence-electron chi connectivity index (χ3n) is 3.75. The van der Waals surface area contributed by atoms with E-state index in [9.17, 15) is 4.79 Å². The third kappa shape index (κ3) is 4.36. The van der Waals surface area contributed by atoms with E-state index in [1.165, 1.54) is 17.4 Å². The number of hydrogen-bond donors (Lipinski definition) is 2. The fraction of sp³-hybridized carbons (Fsp3) is 0.500. The molecule has 1 aromatic heterocycles. The molecule has 0 bridgehead atoms. The summed E-state index contributed by atoms with van der Waals surface area (Å²) in [7, 11) is 1.33. The van der Waals surface area contributed by atoms with Crippen LogP contribution in [0.2, 0.25) is 0 Å². The largest absolute Gasteiger partial charge is 0.468 e. The van der Waals surface area contributed by atoms with Gasteiger partial charge in [-0.2, -0.15) is 0 Å². The molecule has 0 amide bonds. The molecule has 1 atom stereocenters. The summed E-state index contributed by atoms with van der Waals surface area (Å²) >= 11 is 0. The van der Waals surface area contributed by atoms with E-state index in [2.05, 4.69) is 46.8 Å².